The Morgan fingerprint density at radius 3 is 2.34 bits per heavy atom. The van der Waals surface area contributed by atoms with Gasteiger partial charge in [0.05, 0.1) is 10.6 Å². The Kier molecular flexibility index (Phi) is 9.59. The molecule has 174 valence electrons. The quantitative estimate of drug-likeness (QED) is 0.409. The number of sulfonamides is 1. The number of rotatable bonds is 10. The molecule has 0 aromatic heterocycles. The lowest BCUT2D eigenvalue weighted by molar-refractivity contribution is -0.119. The van der Waals surface area contributed by atoms with Crippen molar-refractivity contribution in [2.24, 2.45) is 0 Å². The Hall–Kier alpha value is -1.41. The highest BCUT2D eigenvalue weighted by Crippen LogP contribution is 2.30. The molecular formula is C23H28Cl2N2O3S2. The van der Waals surface area contributed by atoms with Crippen LogP contribution in [0.25, 0.3) is 0 Å². The van der Waals surface area contributed by atoms with Crippen molar-refractivity contribution in [3.05, 3.63) is 58.6 Å². The molecule has 1 aliphatic rings. The molecule has 1 aliphatic carbocycles. The first-order valence-electron chi connectivity index (χ1n) is 10.8. The average Bonchev–Trinajstić information content (AvgIpc) is 2.78. The molecule has 32 heavy (non-hydrogen) atoms. The van der Waals surface area contributed by atoms with Gasteiger partial charge in [0, 0.05) is 21.8 Å². The molecule has 9 heteroatoms. The third-order valence-corrected chi connectivity index (χ3v) is 8.99. The van der Waals surface area contributed by atoms with Gasteiger partial charge in [-0.15, -0.1) is 0 Å². The molecule has 0 atom stereocenters. The van der Waals surface area contributed by atoms with Gasteiger partial charge in [-0.25, -0.2) is 8.42 Å². The van der Waals surface area contributed by atoms with Crippen LogP contribution in [0.3, 0.4) is 0 Å². The number of hydrogen-bond acceptors (Lipinski definition) is 4. The number of hydrogen-bond donors (Lipinski definition) is 1. The second-order valence-electron chi connectivity index (χ2n) is 7.79. The lowest BCUT2D eigenvalue weighted by Crippen LogP contribution is -2.41. The van der Waals surface area contributed by atoms with Crippen molar-refractivity contribution in [3.63, 3.8) is 0 Å². The van der Waals surface area contributed by atoms with Crippen LogP contribution in [-0.2, 0) is 14.8 Å². The topological polar surface area (TPSA) is 66.5 Å². The van der Waals surface area contributed by atoms with Crippen molar-refractivity contribution in [1.82, 2.24) is 5.32 Å². The van der Waals surface area contributed by atoms with E-state index in [0.717, 1.165) is 21.7 Å². The van der Waals surface area contributed by atoms with E-state index in [1.807, 2.05) is 11.8 Å². The predicted molar refractivity (Wildman–Crippen MR) is 134 cm³/mol. The molecule has 1 N–H and O–H groups in total. The average molecular weight is 516 g/mol. The number of carbonyl (C=O) groups excluding carboxylic acids is 1. The first-order chi connectivity index (χ1) is 15.4. The summed E-state index contributed by atoms with van der Waals surface area (Å²) in [7, 11) is -3.98. The minimum absolute atomic E-state index is 0.0905. The lowest BCUT2D eigenvalue weighted by Gasteiger charge is -2.24. The Labute approximate surface area is 204 Å². The smallest absolute Gasteiger partial charge is 0.264 e. The van der Waals surface area contributed by atoms with Crippen molar-refractivity contribution < 1.29 is 13.2 Å². The van der Waals surface area contributed by atoms with E-state index in [1.54, 1.807) is 18.2 Å². The third kappa shape index (κ3) is 7.30. The molecule has 0 unspecified atom stereocenters. The number of amides is 1. The monoisotopic (exact) mass is 514 g/mol. The molecule has 3 rings (SSSR count). The van der Waals surface area contributed by atoms with Crippen LogP contribution in [0, 0.1) is 0 Å². The number of anilines is 1. The number of thioether (sulfide) groups is 1. The van der Waals surface area contributed by atoms with Gasteiger partial charge in [-0.2, -0.15) is 11.8 Å². The largest absolute Gasteiger partial charge is 0.354 e. The normalized spacial score (nSPS) is 14.8. The molecule has 0 heterocycles. The van der Waals surface area contributed by atoms with Gasteiger partial charge in [0.25, 0.3) is 10.0 Å². The van der Waals surface area contributed by atoms with Crippen LogP contribution in [-0.4, -0.2) is 38.4 Å². The van der Waals surface area contributed by atoms with Gasteiger partial charge >= 0.3 is 0 Å². The van der Waals surface area contributed by atoms with Crippen molar-refractivity contribution in [2.75, 3.05) is 23.1 Å². The van der Waals surface area contributed by atoms with Crippen LogP contribution in [0.4, 0.5) is 5.69 Å². The van der Waals surface area contributed by atoms with Gasteiger partial charge in [-0.3, -0.25) is 9.10 Å². The minimum atomic E-state index is -3.98. The van der Waals surface area contributed by atoms with E-state index >= 15 is 0 Å². The number of nitrogens with one attached hydrogen (secondary N) is 1. The highest BCUT2D eigenvalue weighted by atomic mass is 35.5. The summed E-state index contributed by atoms with van der Waals surface area (Å²) in [6.45, 7) is 0.151. The number of carbonyl (C=O) groups is 1. The first-order valence-corrected chi connectivity index (χ1v) is 14.0. The molecule has 0 radical (unpaired) electrons. The van der Waals surface area contributed by atoms with Crippen molar-refractivity contribution in [3.8, 4) is 0 Å². The zero-order valence-electron chi connectivity index (χ0n) is 17.8. The van der Waals surface area contributed by atoms with Crippen LogP contribution >= 0.6 is 35.0 Å². The predicted octanol–water partition coefficient (Wildman–Crippen LogP) is 5.76. The zero-order valence-corrected chi connectivity index (χ0v) is 20.9. The molecular weight excluding hydrogens is 487 g/mol. The lowest BCUT2D eigenvalue weighted by atomic mass is 10.0. The second kappa shape index (κ2) is 12.2. The van der Waals surface area contributed by atoms with Crippen molar-refractivity contribution in [1.29, 1.82) is 0 Å². The van der Waals surface area contributed by atoms with Crippen LogP contribution in [0.1, 0.15) is 38.5 Å². The molecule has 1 fully saturated rings. The summed E-state index contributed by atoms with van der Waals surface area (Å²) in [6.07, 6.45) is 7.38. The van der Waals surface area contributed by atoms with Crippen LogP contribution in [0.5, 0.6) is 0 Å². The molecule has 2 aromatic carbocycles. The van der Waals surface area contributed by atoms with Gasteiger partial charge in [-0.1, -0.05) is 60.7 Å². The van der Waals surface area contributed by atoms with E-state index in [1.165, 1.54) is 62.4 Å². The fraction of sp³-hybridized carbons (Fsp3) is 0.435. The fourth-order valence-corrected chi connectivity index (χ4v) is 6.94. The molecule has 1 amide bonds. The van der Waals surface area contributed by atoms with Crippen LogP contribution in [0.15, 0.2) is 53.4 Å². The minimum Gasteiger partial charge on any atom is -0.354 e. The Morgan fingerprint density at radius 2 is 1.69 bits per heavy atom. The maximum Gasteiger partial charge on any atom is 0.264 e. The maximum absolute atomic E-state index is 13.3. The van der Waals surface area contributed by atoms with Gasteiger partial charge in [0.2, 0.25) is 5.91 Å². The summed E-state index contributed by atoms with van der Waals surface area (Å²) < 4.78 is 27.6. The molecule has 1 saturated carbocycles. The first kappa shape index (κ1) is 25.2. The molecule has 5 nitrogen and oxygen atoms in total. The van der Waals surface area contributed by atoms with Gasteiger partial charge in [-0.05, 0) is 55.3 Å². The Balaban J connectivity index is 1.64. The number of nitrogens with zero attached hydrogens (tertiary/aromatic N) is 1. The van der Waals surface area contributed by atoms with E-state index in [4.69, 9.17) is 23.2 Å². The SMILES string of the molecule is O=C(CN(c1cc(Cl)cc(Cl)c1)S(=O)(=O)c1ccccc1)NCCCSC1CCCCC1. The van der Waals surface area contributed by atoms with E-state index in [9.17, 15) is 13.2 Å². The Bertz CT molecular complexity index is 977. The highest BCUT2D eigenvalue weighted by molar-refractivity contribution is 7.99. The van der Waals surface area contributed by atoms with Crippen molar-refractivity contribution in [2.45, 2.75) is 48.7 Å². The maximum atomic E-state index is 13.3. The second-order valence-corrected chi connectivity index (χ2v) is 11.9. The van der Waals surface area contributed by atoms with Gasteiger partial charge in [0.1, 0.15) is 6.54 Å². The Morgan fingerprint density at radius 1 is 1.03 bits per heavy atom. The molecule has 0 saturated heterocycles. The van der Waals surface area contributed by atoms with Crippen LogP contribution < -0.4 is 9.62 Å². The van der Waals surface area contributed by atoms with E-state index in [2.05, 4.69) is 5.32 Å². The molecule has 0 spiro atoms. The fourth-order valence-electron chi connectivity index (χ4n) is 3.69. The van der Waals surface area contributed by atoms with Crippen LogP contribution in [0.2, 0.25) is 10.0 Å². The summed E-state index contributed by atoms with van der Waals surface area (Å²) in [6, 6.07) is 12.5. The van der Waals surface area contributed by atoms with Crippen molar-refractivity contribution >= 4 is 56.6 Å². The molecule has 0 bridgehead atoms. The highest BCUT2D eigenvalue weighted by Gasteiger charge is 2.27. The van der Waals surface area contributed by atoms with E-state index in [-0.39, 0.29) is 23.0 Å². The number of benzene rings is 2. The van der Waals surface area contributed by atoms with E-state index < -0.39 is 10.0 Å². The zero-order chi connectivity index (χ0) is 23.0. The van der Waals surface area contributed by atoms with Gasteiger partial charge in [0.15, 0.2) is 0 Å². The summed E-state index contributed by atoms with van der Waals surface area (Å²) >= 11 is 14.2. The van der Waals surface area contributed by atoms with Gasteiger partial charge < -0.3 is 5.32 Å². The summed E-state index contributed by atoms with van der Waals surface area (Å²) in [5.74, 6) is 0.615. The third-order valence-electron chi connectivity index (χ3n) is 5.30. The summed E-state index contributed by atoms with van der Waals surface area (Å²) in [5, 5.41) is 4.17. The van der Waals surface area contributed by atoms with E-state index in [0.29, 0.717) is 16.6 Å². The number of halogens is 2. The summed E-state index contributed by atoms with van der Waals surface area (Å²) in [4.78, 5) is 12.7. The molecule has 2 aromatic rings. The molecule has 0 aliphatic heterocycles. The summed E-state index contributed by atoms with van der Waals surface area (Å²) in [5.41, 5.74) is 0.245. The standard InChI is InChI=1S/C23H28Cl2N2O3S2/c24-18-14-19(25)16-20(15-18)27(32(29,30)22-10-5-2-6-11-22)17-23(28)26-12-7-13-31-21-8-3-1-4-9-21/h2,5-6,10-11,14-16,21H,1,3-4,7-9,12-13,17H2,(H,26,28).